The summed E-state index contributed by atoms with van der Waals surface area (Å²) in [5, 5.41) is 0. The molecule has 0 fully saturated rings. The molecule has 1 atom stereocenters. The molecule has 0 aliphatic rings. The quantitative estimate of drug-likeness (QED) is 0.0261. The van der Waals surface area contributed by atoms with Crippen LogP contribution in [-0.2, 0) is 28.6 Å². The lowest BCUT2D eigenvalue weighted by atomic mass is 10.1. The maximum atomic E-state index is 12.9. The van der Waals surface area contributed by atoms with E-state index in [0.29, 0.717) is 19.3 Å². The molecule has 0 N–H and O–H groups in total. The zero-order valence-corrected chi connectivity index (χ0v) is 54.2. The third-order valence-electron chi connectivity index (χ3n) is 14.6. The molecule has 0 aliphatic heterocycles. The molecule has 0 radical (unpaired) electrons. The van der Waals surface area contributed by atoms with Crippen LogP contribution in [0.15, 0.2) is 134 Å². The molecule has 0 spiro atoms. The molecule has 0 rings (SSSR count). The molecule has 0 saturated carbocycles. The number of unbranched alkanes of at least 4 members (excludes halogenated alkanes) is 29. The van der Waals surface area contributed by atoms with Gasteiger partial charge in [-0.1, -0.05) is 296 Å². The summed E-state index contributed by atoms with van der Waals surface area (Å²) in [4.78, 5) is 38.4. The normalized spacial score (nSPS) is 13.0. The molecular formula is C77H128O6. The van der Waals surface area contributed by atoms with Crippen LogP contribution >= 0.6 is 0 Å². The summed E-state index contributed by atoms with van der Waals surface area (Å²) in [6.07, 6.45) is 99.0. The first-order valence-corrected chi connectivity index (χ1v) is 34.7. The van der Waals surface area contributed by atoms with Gasteiger partial charge in [0.15, 0.2) is 6.10 Å². The standard InChI is InChI=1S/C77H128O6/c1-4-7-10-13-16-19-22-25-28-31-33-34-35-36-37-38-39-40-41-42-44-46-49-52-55-58-61-64-67-70-76(79)82-73-74(72-81-75(78)69-66-63-60-57-54-51-48-45-30-27-24-21-18-15-12-9-6-3)83-77(80)71-68-65-62-59-56-53-50-47-43-32-29-26-23-20-17-14-11-8-5-2/h7,10,16,19,25-30,33-34,36-37,39-40,42,44,49,52,58,61,74H,4-6,8-9,11-15,17-18,20-24,31-32,35,38,41,43,45-48,50-51,53-57,59-60,62-73H2,1-3H3/b10-7-,19-16-,28-25-,29-26-,30-27-,34-33-,37-36-,40-39-,44-42-,52-49-,61-58-. The summed E-state index contributed by atoms with van der Waals surface area (Å²) >= 11 is 0. The Morgan fingerprint density at radius 2 is 0.482 bits per heavy atom. The molecule has 0 amide bonds. The molecule has 0 heterocycles. The summed E-state index contributed by atoms with van der Waals surface area (Å²) < 4.78 is 16.9. The number of carbonyl (C=O) groups is 3. The van der Waals surface area contributed by atoms with Gasteiger partial charge in [0.05, 0.1) is 0 Å². The molecule has 0 aliphatic carbocycles. The van der Waals surface area contributed by atoms with Crippen LogP contribution in [0.3, 0.4) is 0 Å². The number of rotatable bonds is 62. The van der Waals surface area contributed by atoms with Crippen molar-refractivity contribution < 1.29 is 28.6 Å². The van der Waals surface area contributed by atoms with E-state index in [-0.39, 0.29) is 37.5 Å². The number of esters is 3. The van der Waals surface area contributed by atoms with Crippen LogP contribution in [-0.4, -0.2) is 37.2 Å². The lowest BCUT2D eigenvalue weighted by Gasteiger charge is -2.18. The highest BCUT2D eigenvalue weighted by atomic mass is 16.6. The van der Waals surface area contributed by atoms with Gasteiger partial charge in [-0.3, -0.25) is 14.4 Å². The highest BCUT2D eigenvalue weighted by Crippen LogP contribution is 2.16. The average molecular weight is 1150 g/mol. The van der Waals surface area contributed by atoms with Crippen molar-refractivity contribution in [2.24, 2.45) is 0 Å². The molecule has 83 heavy (non-hydrogen) atoms. The monoisotopic (exact) mass is 1150 g/mol. The second-order valence-corrected chi connectivity index (χ2v) is 22.7. The molecule has 6 nitrogen and oxygen atoms in total. The van der Waals surface area contributed by atoms with Crippen molar-refractivity contribution in [2.45, 2.75) is 322 Å². The number of allylic oxidation sites excluding steroid dienone is 22. The van der Waals surface area contributed by atoms with Crippen molar-refractivity contribution >= 4 is 17.9 Å². The maximum absolute atomic E-state index is 12.9. The number of ether oxygens (including phenoxy) is 3. The largest absolute Gasteiger partial charge is 0.462 e. The third kappa shape index (κ3) is 68.2. The third-order valence-corrected chi connectivity index (χ3v) is 14.6. The summed E-state index contributed by atoms with van der Waals surface area (Å²) in [5.74, 6) is -0.962. The van der Waals surface area contributed by atoms with Gasteiger partial charge in [0.2, 0.25) is 0 Å². The Balaban J connectivity index is 4.48. The first-order chi connectivity index (χ1) is 41.0. The zero-order chi connectivity index (χ0) is 59.9. The van der Waals surface area contributed by atoms with Crippen molar-refractivity contribution in [3.05, 3.63) is 134 Å². The highest BCUT2D eigenvalue weighted by Gasteiger charge is 2.19. The van der Waals surface area contributed by atoms with Gasteiger partial charge in [0, 0.05) is 19.3 Å². The summed E-state index contributed by atoms with van der Waals surface area (Å²) in [6, 6.07) is 0. The Bertz CT molecular complexity index is 1750. The van der Waals surface area contributed by atoms with Gasteiger partial charge in [-0.15, -0.1) is 0 Å². The van der Waals surface area contributed by atoms with Crippen LogP contribution in [0.5, 0.6) is 0 Å². The fraction of sp³-hybridized carbons (Fsp3) is 0.675. The second kappa shape index (κ2) is 70.0. The number of hydrogen-bond acceptors (Lipinski definition) is 6. The fourth-order valence-electron chi connectivity index (χ4n) is 9.43. The summed E-state index contributed by atoms with van der Waals surface area (Å²) in [5.41, 5.74) is 0. The Labute approximate surface area is 513 Å². The van der Waals surface area contributed by atoms with E-state index in [9.17, 15) is 14.4 Å². The molecule has 0 bridgehead atoms. The van der Waals surface area contributed by atoms with Gasteiger partial charge in [-0.2, -0.15) is 0 Å². The number of carbonyl (C=O) groups excluding carboxylic acids is 3. The van der Waals surface area contributed by atoms with Gasteiger partial charge in [-0.25, -0.2) is 0 Å². The Kier molecular flexibility index (Phi) is 66.3. The van der Waals surface area contributed by atoms with Crippen molar-refractivity contribution in [3.63, 3.8) is 0 Å². The zero-order valence-electron chi connectivity index (χ0n) is 54.2. The van der Waals surface area contributed by atoms with E-state index in [0.717, 1.165) is 103 Å². The predicted molar refractivity (Wildman–Crippen MR) is 362 cm³/mol. The molecule has 472 valence electrons. The molecule has 0 aromatic carbocycles. The Morgan fingerprint density at radius 3 is 0.795 bits per heavy atom. The van der Waals surface area contributed by atoms with Crippen LogP contribution in [0.25, 0.3) is 0 Å². The fourth-order valence-corrected chi connectivity index (χ4v) is 9.43. The van der Waals surface area contributed by atoms with E-state index >= 15 is 0 Å². The lowest BCUT2D eigenvalue weighted by molar-refractivity contribution is -0.167. The van der Waals surface area contributed by atoms with E-state index in [2.05, 4.69) is 154 Å². The molecule has 1 unspecified atom stereocenters. The Morgan fingerprint density at radius 1 is 0.253 bits per heavy atom. The van der Waals surface area contributed by atoms with Crippen LogP contribution < -0.4 is 0 Å². The number of hydrogen-bond donors (Lipinski definition) is 0. The lowest BCUT2D eigenvalue weighted by Crippen LogP contribution is -2.30. The average Bonchev–Trinajstić information content (AvgIpc) is 3.49. The minimum absolute atomic E-state index is 0.101. The Hall–Kier alpha value is -4.45. The minimum Gasteiger partial charge on any atom is -0.462 e. The van der Waals surface area contributed by atoms with Gasteiger partial charge in [0.25, 0.3) is 0 Å². The molecule has 6 heteroatoms. The van der Waals surface area contributed by atoms with E-state index in [4.69, 9.17) is 14.2 Å². The second-order valence-electron chi connectivity index (χ2n) is 22.7. The smallest absolute Gasteiger partial charge is 0.306 e. The van der Waals surface area contributed by atoms with E-state index in [1.54, 1.807) is 0 Å². The van der Waals surface area contributed by atoms with Gasteiger partial charge < -0.3 is 14.2 Å². The molecule has 0 aromatic rings. The van der Waals surface area contributed by atoms with Crippen molar-refractivity contribution in [1.82, 2.24) is 0 Å². The SMILES string of the molecule is CC/C=C\C/C=C\C/C=C\C/C=C\C/C=C\C/C=C\C/C=C\C/C=C\C/C=C\CCCC(=O)OCC(COC(=O)CCCCCCCCC/C=C\CCCCCCCC)OC(=O)CCCCCCCCCCC/C=C\CCCCCCCC. The predicted octanol–water partition coefficient (Wildman–Crippen LogP) is 24.1. The topological polar surface area (TPSA) is 78.9 Å². The van der Waals surface area contributed by atoms with Crippen molar-refractivity contribution in [1.29, 1.82) is 0 Å². The maximum Gasteiger partial charge on any atom is 0.306 e. The van der Waals surface area contributed by atoms with Crippen LogP contribution in [0, 0.1) is 0 Å². The van der Waals surface area contributed by atoms with Crippen molar-refractivity contribution in [2.75, 3.05) is 13.2 Å². The van der Waals surface area contributed by atoms with E-state index in [1.165, 1.54) is 167 Å². The molecular weight excluding hydrogens is 1020 g/mol. The van der Waals surface area contributed by atoms with Crippen LogP contribution in [0.1, 0.15) is 316 Å². The molecule has 0 aromatic heterocycles. The van der Waals surface area contributed by atoms with E-state index < -0.39 is 6.10 Å². The van der Waals surface area contributed by atoms with Gasteiger partial charge in [0.1, 0.15) is 13.2 Å². The first-order valence-electron chi connectivity index (χ1n) is 34.7. The summed E-state index contributed by atoms with van der Waals surface area (Å²) in [7, 11) is 0. The highest BCUT2D eigenvalue weighted by molar-refractivity contribution is 5.71. The van der Waals surface area contributed by atoms with Gasteiger partial charge >= 0.3 is 17.9 Å². The minimum atomic E-state index is -0.810. The van der Waals surface area contributed by atoms with Gasteiger partial charge in [-0.05, 0) is 135 Å². The van der Waals surface area contributed by atoms with Crippen molar-refractivity contribution in [3.8, 4) is 0 Å². The summed E-state index contributed by atoms with van der Waals surface area (Å²) in [6.45, 7) is 6.49. The first kappa shape index (κ1) is 78.5. The van der Waals surface area contributed by atoms with E-state index in [1.807, 2.05) is 0 Å². The molecule has 0 saturated heterocycles. The van der Waals surface area contributed by atoms with Crippen LogP contribution in [0.2, 0.25) is 0 Å². The van der Waals surface area contributed by atoms with Crippen LogP contribution in [0.4, 0.5) is 0 Å².